The molecule has 1 aliphatic rings. The predicted octanol–water partition coefficient (Wildman–Crippen LogP) is 3.26. The highest BCUT2D eigenvalue weighted by atomic mass is 35.5. The first-order valence-electron chi connectivity index (χ1n) is 6.05. The number of amides is 2. The molecule has 1 aromatic carbocycles. The van der Waals surface area contributed by atoms with Gasteiger partial charge in [0.25, 0.3) is 11.8 Å². The monoisotopic (exact) mass is 318 g/mol. The van der Waals surface area contributed by atoms with Crippen LogP contribution in [-0.4, -0.2) is 16.8 Å². The first kappa shape index (κ1) is 13.8. The molecule has 0 N–H and O–H groups in total. The van der Waals surface area contributed by atoms with Crippen molar-refractivity contribution in [3.63, 3.8) is 0 Å². The summed E-state index contributed by atoms with van der Waals surface area (Å²) in [4.78, 5) is 29.7. The van der Waals surface area contributed by atoms with E-state index in [9.17, 15) is 9.59 Å². The lowest BCUT2D eigenvalue weighted by atomic mass is 10.1. The second-order valence-electron chi connectivity index (χ2n) is 4.33. The van der Waals surface area contributed by atoms with Crippen molar-refractivity contribution in [1.29, 1.82) is 0 Å². The molecule has 21 heavy (non-hydrogen) atoms. The molecule has 1 aromatic heterocycles. The molecule has 6 heteroatoms. The third kappa shape index (κ3) is 2.33. The lowest BCUT2D eigenvalue weighted by Gasteiger charge is -2.13. The van der Waals surface area contributed by atoms with Crippen LogP contribution in [0.25, 0.3) is 5.57 Å². The Bertz CT molecular complexity index is 755. The summed E-state index contributed by atoms with van der Waals surface area (Å²) in [5.74, 6) is -0.828. The van der Waals surface area contributed by atoms with Crippen LogP contribution in [0.1, 0.15) is 5.56 Å². The van der Waals surface area contributed by atoms with E-state index in [1.165, 1.54) is 6.20 Å². The molecule has 4 nitrogen and oxygen atoms in total. The Kier molecular flexibility index (Phi) is 3.49. The van der Waals surface area contributed by atoms with Crippen LogP contribution in [0.4, 0.5) is 5.82 Å². The molecule has 0 unspecified atom stereocenters. The van der Waals surface area contributed by atoms with Crippen molar-refractivity contribution in [3.05, 3.63) is 64.3 Å². The number of hydrogen-bond donors (Lipinski definition) is 0. The molecule has 0 atom stereocenters. The molecule has 0 bridgehead atoms. The van der Waals surface area contributed by atoms with Crippen molar-refractivity contribution in [3.8, 4) is 0 Å². The maximum atomic E-state index is 12.5. The lowest BCUT2D eigenvalue weighted by Crippen LogP contribution is -2.31. The number of aromatic nitrogens is 1. The Morgan fingerprint density at radius 1 is 0.905 bits per heavy atom. The van der Waals surface area contributed by atoms with Gasteiger partial charge in [0.05, 0.1) is 5.57 Å². The zero-order valence-electron chi connectivity index (χ0n) is 10.6. The predicted molar refractivity (Wildman–Crippen MR) is 81.0 cm³/mol. The Balaban J connectivity index is 2.05. The summed E-state index contributed by atoms with van der Waals surface area (Å²) >= 11 is 11.9. The molecule has 0 saturated heterocycles. The van der Waals surface area contributed by atoms with Crippen LogP contribution >= 0.6 is 23.2 Å². The third-order valence-electron chi connectivity index (χ3n) is 3.04. The molecular weight excluding hydrogens is 311 g/mol. The van der Waals surface area contributed by atoms with Crippen molar-refractivity contribution in [2.45, 2.75) is 0 Å². The highest BCUT2D eigenvalue weighted by molar-refractivity contribution is 6.60. The second-order valence-corrected chi connectivity index (χ2v) is 5.14. The fraction of sp³-hybridized carbons (Fsp3) is 0. The van der Waals surface area contributed by atoms with Gasteiger partial charge in [-0.25, -0.2) is 9.88 Å². The quantitative estimate of drug-likeness (QED) is 0.798. The number of halogens is 2. The summed E-state index contributed by atoms with van der Waals surface area (Å²) in [6.45, 7) is 0. The number of nitrogens with zero attached hydrogens (tertiary/aromatic N) is 2. The fourth-order valence-corrected chi connectivity index (χ4v) is 2.46. The summed E-state index contributed by atoms with van der Waals surface area (Å²) in [6, 6.07) is 11.5. The van der Waals surface area contributed by atoms with Crippen LogP contribution in [0.2, 0.25) is 5.02 Å². The van der Waals surface area contributed by atoms with Crippen LogP contribution < -0.4 is 4.90 Å². The Labute approximate surface area is 130 Å². The standard InChI is InChI=1S/C15H8Cl2N2O2/c16-10-6-4-9(5-7-10)12-13(17)15(21)19(14(12)20)11-3-1-2-8-18-11/h1-8H. The number of rotatable bonds is 2. The number of imide groups is 1. The van der Waals surface area contributed by atoms with Crippen LogP contribution in [-0.2, 0) is 9.59 Å². The van der Waals surface area contributed by atoms with Gasteiger partial charge < -0.3 is 0 Å². The van der Waals surface area contributed by atoms with Gasteiger partial charge in [0.2, 0.25) is 0 Å². The number of carbonyl (C=O) groups excluding carboxylic acids is 2. The van der Waals surface area contributed by atoms with Crippen molar-refractivity contribution in [2.24, 2.45) is 0 Å². The Morgan fingerprint density at radius 2 is 1.62 bits per heavy atom. The molecule has 2 amide bonds. The van der Waals surface area contributed by atoms with Crippen LogP contribution in [0.3, 0.4) is 0 Å². The van der Waals surface area contributed by atoms with E-state index in [2.05, 4.69) is 4.98 Å². The molecule has 0 spiro atoms. The van der Waals surface area contributed by atoms with Crippen molar-refractivity contribution in [2.75, 3.05) is 4.90 Å². The summed E-state index contributed by atoms with van der Waals surface area (Å²) in [6.07, 6.45) is 1.50. The van der Waals surface area contributed by atoms with Gasteiger partial charge in [0, 0.05) is 11.2 Å². The molecule has 0 saturated carbocycles. The van der Waals surface area contributed by atoms with Gasteiger partial charge in [0.15, 0.2) is 0 Å². The topological polar surface area (TPSA) is 50.3 Å². The van der Waals surface area contributed by atoms with E-state index in [1.54, 1.807) is 42.5 Å². The molecule has 0 aliphatic carbocycles. The fourth-order valence-electron chi connectivity index (χ4n) is 2.06. The van der Waals surface area contributed by atoms with E-state index < -0.39 is 11.8 Å². The largest absolute Gasteiger partial charge is 0.278 e. The average molecular weight is 319 g/mol. The van der Waals surface area contributed by atoms with Gasteiger partial charge in [0.1, 0.15) is 10.9 Å². The average Bonchev–Trinajstić information content (AvgIpc) is 2.72. The molecule has 0 radical (unpaired) electrons. The second kappa shape index (κ2) is 5.31. The molecule has 2 aromatic rings. The van der Waals surface area contributed by atoms with Crippen molar-refractivity contribution < 1.29 is 9.59 Å². The first-order chi connectivity index (χ1) is 10.1. The molecule has 3 rings (SSSR count). The van der Waals surface area contributed by atoms with Gasteiger partial charge in [-0.15, -0.1) is 0 Å². The number of hydrogen-bond acceptors (Lipinski definition) is 3. The van der Waals surface area contributed by atoms with Gasteiger partial charge in [-0.3, -0.25) is 9.59 Å². The summed E-state index contributed by atoms with van der Waals surface area (Å²) in [5.41, 5.74) is 0.699. The first-order valence-corrected chi connectivity index (χ1v) is 6.80. The minimum absolute atomic E-state index is 0.118. The highest BCUT2D eigenvalue weighted by Crippen LogP contribution is 2.34. The van der Waals surface area contributed by atoms with Gasteiger partial charge >= 0.3 is 0 Å². The maximum Gasteiger partial charge on any atom is 0.278 e. The van der Waals surface area contributed by atoms with Crippen LogP contribution in [0.5, 0.6) is 0 Å². The van der Waals surface area contributed by atoms with E-state index in [4.69, 9.17) is 23.2 Å². The van der Waals surface area contributed by atoms with Gasteiger partial charge in [-0.1, -0.05) is 41.4 Å². The molecule has 0 fully saturated rings. The molecule has 104 valence electrons. The summed E-state index contributed by atoms with van der Waals surface area (Å²) in [5, 5.41) is 0.418. The normalized spacial score (nSPS) is 15.0. The number of anilines is 1. The Morgan fingerprint density at radius 3 is 2.24 bits per heavy atom. The van der Waals surface area contributed by atoms with Gasteiger partial charge in [-0.2, -0.15) is 0 Å². The van der Waals surface area contributed by atoms with Crippen molar-refractivity contribution >= 4 is 46.4 Å². The minimum atomic E-state index is -0.578. The Hall–Kier alpha value is -2.17. The van der Waals surface area contributed by atoms with E-state index in [-0.39, 0.29) is 16.4 Å². The molecule has 1 aliphatic heterocycles. The SMILES string of the molecule is O=C1C(Cl)=C(c2ccc(Cl)cc2)C(=O)N1c1ccccn1. The smallest absolute Gasteiger partial charge is 0.268 e. The zero-order valence-corrected chi connectivity index (χ0v) is 12.1. The van der Waals surface area contributed by atoms with Gasteiger partial charge in [-0.05, 0) is 29.8 Å². The lowest BCUT2D eigenvalue weighted by molar-refractivity contribution is -0.119. The minimum Gasteiger partial charge on any atom is -0.268 e. The number of carbonyl (C=O) groups is 2. The van der Waals surface area contributed by atoms with Crippen molar-refractivity contribution in [1.82, 2.24) is 4.98 Å². The van der Waals surface area contributed by atoms with E-state index >= 15 is 0 Å². The molecule has 2 heterocycles. The highest BCUT2D eigenvalue weighted by Gasteiger charge is 2.39. The summed E-state index contributed by atoms with van der Waals surface area (Å²) in [7, 11) is 0. The van der Waals surface area contributed by atoms with Crippen LogP contribution in [0, 0.1) is 0 Å². The molecular formula is C15H8Cl2N2O2. The number of benzene rings is 1. The third-order valence-corrected chi connectivity index (χ3v) is 3.64. The zero-order chi connectivity index (χ0) is 15.0. The summed E-state index contributed by atoms with van der Waals surface area (Å²) < 4.78 is 0. The van der Waals surface area contributed by atoms with E-state index in [0.717, 1.165) is 4.90 Å². The van der Waals surface area contributed by atoms with Crippen LogP contribution in [0.15, 0.2) is 53.7 Å². The van der Waals surface area contributed by atoms with E-state index in [1.807, 2.05) is 0 Å². The maximum absolute atomic E-state index is 12.5. The number of pyridine rings is 1. The van der Waals surface area contributed by atoms with E-state index in [0.29, 0.717) is 10.6 Å².